The molecule has 0 amide bonds. The number of carboxylic acids is 1. The minimum atomic E-state index is -1.17. The van der Waals surface area contributed by atoms with Crippen molar-refractivity contribution in [3.8, 4) is 0 Å². The molecule has 0 heterocycles. The zero-order valence-corrected chi connectivity index (χ0v) is 10.1. The zero-order chi connectivity index (χ0) is 12.9. The van der Waals surface area contributed by atoms with E-state index in [0.717, 1.165) is 0 Å². The van der Waals surface area contributed by atoms with Gasteiger partial charge in [0.15, 0.2) is 0 Å². The van der Waals surface area contributed by atoms with Gasteiger partial charge in [0.05, 0.1) is 24.2 Å². The van der Waals surface area contributed by atoms with Gasteiger partial charge in [0.2, 0.25) is 0 Å². The van der Waals surface area contributed by atoms with Gasteiger partial charge < -0.3 is 25.4 Å². The van der Waals surface area contributed by atoms with Gasteiger partial charge in [0, 0.05) is 14.2 Å². The summed E-state index contributed by atoms with van der Waals surface area (Å²) in [4.78, 5) is 10.5. The van der Waals surface area contributed by atoms with Crippen molar-refractivity contribution in [1.82, 2.24) is 0 Å². The summed E-state index contributed by atoms with van der Waals surface area (Å²) >= 11 is 0. The first-order valence-electron chi connectivity index (χ1n) is 4.99. The second-order valence-electron chi connectivity index (χ2n) is 4.21. The molecule has 4 N–H and O–H groups in total. The van der Waals surface area contributed by atoms with Gasteiger partial charge in [0.25, 0.3) is 0 Å². The molecule has 96 valence electrons. The molecule has 0 bridgehead atoms. The number of hydrogen-bond acceptors (Lipinski definition) is 5. The van der Waals surface area contributed by atoms with Gasteiger partial charge in [-0.25, -0.2) is 0 Å². The standard InChI is InChI=1S/C10H21NO5/c1-10(2,16-4)9(15-3)8(11)6(12)5-7(13)14/h6,8-9,12H,5,11H2,1-4H3,(H,13,14)/t6-,8+,9?/m0/s1. The Kier molecular flexibility index (Phi) is 5.88. The molecule has 0 aromatic carbocycles. The third kappa shape index (κ3) is 4.05. The number of ether oxygens (including phenoxy) is 2. The summed E-state index contributed by atoms with van der Waals surface area (Å²) in [5.41, 5.74) is 5.06. The molecule has 0 rings (SSSR count). The van der Waals surface area contributed by atoms with Crippen LogP contribution in [0.4, 0.5) is 0 Å². The van der Waals surface area contributed by atoms with Crippen molar-refractivity contribution in [2.24, 2.45) is 5.73 Å². The Labute approximate surface area is 95.3 Å². The summed E-state index contributed by atoms with van der Waals surface area (Å²) in [6.07, 6.45) is -2.18. The maximum absolute atomic E-state index is 10.5. The van der Waals surface area contributed by atoms with E-state index in [2.05, 4.69) is 0 Å². The van der Waals surface area contributed by atoms with Gasteiger partial charge in [-0.05, 0) is 13.8 Å². The van der Waals surface area contributed by atoms with Crippen LogP contribution >= 0.6 is 0 Å². The molecule has 1 unspecified atom stereocenters. The molecular formula is C10H21NO5. The highest BCUT2D eigenvalue weighted by Crippen LogP contribution is 2.21. The van der Waals surface area contributed by atoms with Crippen LogP contribution in [-0.4, -0.2) is 54.3 Å². The Bertz CT molecular complexity index is 231. The van der Waals surface area contributed by atoms with E-state index in [0.29, 0.717) is 0 Å². The highest BCUT2D eigenvalue weighted by molar-refractivity contribution is 5.67. The second-order valence-corrected chi connectivity index (χ2v) is 4.21. The summed E-state index contributed by atoms with van der Waals surface area (Å²) in [6, 6.07) is -0.823. The van der Waals surface area contributed by atoms with Crippen LogP contribution in [0.3, 0.4) is 0 Å². The topological polar surface area (TPSA) is 102 Å². The van der Waals surface area contributed by atoms with Gasteiger partial charge in [-0.3, -0.25) is 4.79 Å². The van der Waals surface area contributed by atoms with E-state index in [1.165, 1.54) is 14.2 Å². The molecular weight excluding hydrogens is 214 g/mol. The Balaban J connectivity index is 4.64. The molecule has 0 aliphatic carbocycles. The minimum absolute atomic E-state index is 0.416. The SMILES string of the molecule is COC([C@H](N)[C@@H](O)CC(=O)O)C(C)(C)OC. The van der Waals surface area contributed by atoms with E-state index in [1.54, 1.807) is 13.8 Å². The third-order valence-corrected chi connectivity index (χ3v) is 2.64. The van der Waals surface area contributed by atoms with Gasteiger partial charge in [-0.1, -0.05) is 0 Å². The summed E-state index contributed by atoms with van der Waals surface area (Å²) in [5, 5.41) is 18.2. The van der Waals surface area contributed by atoms with Crippen LogP contribution in [-0.2, 0) is 14.3 Å². The van der Waals surface area contributed by atoms with E-state index in [-0.39, 0.29) is 0 Å². The first-order valence-corrected chi connectivity index (χ1v) is 4.99. The van der Waals surface area contributed by atoms with E-state index in [9.17, 15) is 9.90 Å². The molecule has 0 radical (unpaired) electrons. The number of hydrogen-bond donors (Lipinski definition) is 3. The molecule has 0 aliphatic heterocycles. The Hall–Kier alpha value is -0.690. The van der Waals surface area contributed by atoms with Crippen molar-refractivity contribution in [2.75, 3.05) is 14.2 Å². The van der Waals surface area contributed by atoms with Crippen LogP contribution in [0.1, 0.15) is 20.3 Å². The first kappa shape index (κ1) is 15.3. The molecule has 0 aromatic heterocycles. The number of aliphatic hydroxyl groups excluding tert-OH is 1. The highest BCUT2D eigenvalue weighted by atomic mass is 16.5. The Morgan fingerprint density at radius 1 is 1.44 bits per heavy atom. The van der Waals surface area contributed by atoms with Crippen molar-refractivity contribution in [3.63, 3.8) is 0 Å². The van der Waals surface area contributed by atoms with Gasteiger partial charge in [-0.2, -0.15) is 0 Å². The second kappa shape index (κ2) is 6.15. The maximum atomic E-state index is 10.5. The van der Waals surface area contributed by atoms with Crippen LogP contribution in [0, 0.1) is 0 Å². The number of rotatable bonds is 7. The number of carbonyl (C=O) groups is 1. The van der Waals surface area contributed by atoms with E-state index < -0.39 is 36.2 Å². The largest absolute Gasteiger partial charge is 0.481 e. The lowest BCUT2D eigenvalue weighted by molar-refractivity contribution is -0.143. The van der Waals surface area contributed by atoms with E-state index in [4.69, 9.17) is 20.3 Å². The Morgan fingerprint density at radius 3 is 2.25 bits per heavy atom. The molecule has 6 nitrogen and oxygen atoms in total. The number of carboxylic acid groups (broad SMARTS) is 1. The molecule has 0 fully saturated rings. The summed E-state index contributed by atoms with van der Waals surface area (Å²) in [7, 11) is 2.95. The van der Waals surface area contributed by atoms with Gasteiger partial charge in [0.1, 0.15) is 6.10 Å². The summed E-state index contributed by atoms with van der Waals surface area (Å²) in [6.45, 7) is 3.52. The molecule has 16 heavy (non-hydrogen) atoms. The first-order chi connectivity index (χ1) is 7.26. The van der Waals surface area contributed by atoms with Gasteiger partial charge >= 0.3 is 5.97 Å². The van der Waals surface area contributed by atoms with Crippen LogP contribution in [0.5, 0.6) is 0 Å². The van der Waals surface area contributed by atoms with E-state index >= 15 is 0 Å². The van der Waals surface area contributed by atoms with E-state index in [1.807, 2.05) is 0 Å². The molecule has 3 atom stereocenters. The predicted octanol–water partition coefficient (Wildman–Crippen LogP) is -0.411. The molecule has 0 saturated heterocycles. The lowest BCUT2D eigenvalue weighted by Crippen LogP contribution is -2.56. The quantitative estimate of drug-likeness (QED) is 0.554. The number of aliphatic carboxylic acids is 1. The fourth-order valence-corrected chi connectivity index (χ4v) is 1.54. The smallest absolute Gasteiger partial charge is 0.306 e. The molecule has 0 aromatic rings. The molecule has 0 aliphatic rings. The van der Waals surface area contributed by atoms with Gasteiger partial charge in [-0.15, -0.1) is 0 Å². The van der Waals surface area contributed by atoms with Crippen molar-refractivity contribution < 1.29 is 24.5 Å². The van der Waals surface area contributed by atoms with Crippen molar-refractivity contribution >= 4 is 5.97 Å². The fourth-order valence-electron chi connectivity index (χ4n) is 1.54. The zero-order valence-electron chi connectivity index (χ0n) is 10.1. The average molecular weight is 235 g/mol. The van der Waals surface area contributed by atoms with Crippen LogP contribution in [0.25, 0.3) is 0 Å². The lowest BCUT2D eigenvalue weighted by atomic mass is 9.90. The van der Waals surface area contributed by atoms with Crippen molar-refractivity contribution in [3.05, 3.63) is 0 Å². The summed E-state index contributed by atoms with van der Waals surface area (Å²) in [5.74, 6) is -1.10. The predicted molar refractivity (Wildman–Crippen MR) is 58.1 cm³/mol. The maximum Gasteiger partial charge on any atom is 0.306 e. The fraction of sp³-hybridized carbons (Fsp3) is 0.900. The van der Waals surface area contributed by atoms with Crippen LogP contribution in [0.15, 0.2) is 0 Å². The van der Waals surface area contributed by atoms with Crippen LogP contribution < -0.4 is 5.73 Å². The number of methoxy groups -OCH3 is 2. The normalized spacial score (nSPS) is 17.9. The average Bonchev–Trinajstić information content (AvgIpc) is 2.17. The monoisotopic (exact) mass is 235 g/mol. The molecule has 0 spiro atoms. The Morgan fingerprint density at radius 2 is 1.94 bits per heavy atom. The third-order valence-electron chi connectivity index (χ3n) is 2.64. The highest BCUT2D eigenvalue weighted by Gasteiger charge is 2.38. The number of nitrogens with two attached hydrogens (primary N) is 1. The number of aliphatic hydroxyl groups is 1. The minimum Gasteiger partial charge on any atom is -0.481 e. The molecule has 0 saturated carbocycles. The lowest BCUT2D eigenvalue weighted by Gasteiger charge is -2.37. The molecule has 6 heteroatoms. The van der Waals surface area contributed by atoms with Crippen LogP contribution in [0.2, 0.25) is 0 Å². The van der Waals surface area contributed by atoms with Crippen molar-refractivity contribution in [2.45, 2.75) is 44.1 Å². The van der Waals surface area contributed by atoms with Crippen molar-refractivity contribution in [1.29, 1.82) is 0 Å². The summed E-state index contributed by atoms with van der Waals surface area (Å²) < 4.78 is 10.4.